The molecule has 0 saturated heterocycles. The first-order chi connectivity index (χ1) is 8.00. The number of nitrogens with two attached hydrogens (primary N) is 1. The van der Waals surface area contributed by atoms with Crippen LogP contribution < -0.4 is 5.73 Å². The molecule has 0 aromatic carbocycles. The van der Waals surface area contributed by atoms with E-state index in [1.807, 2.05) is 0 Å². The molecule has 1 rings (SSSR count). The van der Waals surface area contributed by atoms with Gasteiger partial charge in [-0.25, -0.2) is 4.98 Å². The normalized spacial score (nSPS) is 14.7. The van der Waals surface area contributed by atoms with Crippen molar-refractivity contribution in [1.82, 2.24) is 4.98 Å². The van der Waals surface area contributed by atoms with Crippen LogP contribution in [0.5, 0.6) is 0 Å². The van der Waals surface area contributed by atoms with Gasteiger partial charge in [0.2, 0.25) is 0 Å². The summed E-state index contributed by atoms with van der Waals surface area (Å²) in [6.45, 7) is 0. The maximum atomic E-state index is 13.1. The molecule has 0 radical (unpaired) electrons. The third kappa shape index (κ3) is 2.64. The second-order valence-electron chi connectivity index (χ2n) is 3.22. The van der Waals surface area contributed by atoms with Gasteiger partial charge >= 0.3 is 12.1 Å². The molecule has 2 nitrogen and oxygen atoms in total. The zero-order valence-corrected chi connectivity index (χ0v) is 10.5. The van der Waals surface area contributed by atoms with Gasteiger partial charge in [-0.1, -0.05) is 34.8 Å². The number of hydrogen-bond donors (Lipinski definition) is 1. The van der Waals surface area contributed by atoms with Crippen LogP contribution in [-0.2, 0) is 0 Å². The van der Waals surface area contributed by atoms with E-state index in [0.29, 0.717) is 0 Å². The monoisotopic (exact) mass is 328 g/mol. The number of hydrogen-bond acceptors (Lipinski definition) is 2. The SMILES string of the molecule is N[C@@H](c1c(Cl)cnc(Cl)c1Cl)C(F)(F)C(F)(F)F. The smallest absolute Gasteiger partial charge is 0.319 e. The molecular weight excluding hydrogens is 325 g/mol. The van der Waals surface area contributed by atoms with Gasteiger partial charge in [0, 0.05) is 11.8 Å². The molecule has 0 saturated carbocycles. The molecule has 0 bridgehead atoms. The number of pyridine rings is 1. The van der Waals surface area contributed by atoms with Crippen molar-refractivity contribution in [2.24, 2.45) is 5.73 Å². The number of rotatable bonds is 2. The predicted octanol–water partition coefficient (Wildman–Crippen LogP) is 4.24. The van der Waals surface area contributed by atoms with Crippen LogP contribution in [0, 0.1) is 0 Å². The fraction of sp³-hybridized carbons (Fsp3) is 0.375. The van der Waals surface area contributed by atoms with Crippen LogP contribution in [0.15, 0.2) is 6.20 Å². The van der Waals surface area contributed by atoms with Crippen LogP contribution in [0.4, 0.5) is 22.0 Å². The van der Waals surface area contributed by atoms with E-state index in [-0.39, 0.29) is 0 Å². The van der Waals surface area contributed by atoms with E-state index in [0.717, 1.165) is 6.20 Å². The lowest BCUT2D eigenvalue weighted by Crippen LogP contribution is -2.46. The van der Waals surface area contributed by atoms with Crippen LogP contribution in [0.1, 0.15) is 11.6 Å². The summed E-state index contributed by atoms with van der Waals surface area (Å²) < 4.78 is 62.6. The Bertz CT molecular complexity index is 463. The van der Waals surface area contributed by atoms with E-state index in [4.69, 9.17) is 40.5 Å². The highest BCUT2D eigenvalue weighted by atomic mass is 35.5. The topological polar surface area (TPSA) is 38.9 Å². The molecular formula is C8H4Cl3F5N2. The summed E-state index contributed by atoms with van der Waals surface area (Å²) in [6, 6.07) is -2.78. The van der Waals surface area contributed by atoms with Crippen LogP contribution in [0.2, 0.25) is 15.2 Å². The third-order valence-electron chi connectivity index (χ3n) is 2.05. The molecule has 10 heteroatoms. The van der Waals surface area contributed by atoms with Gasteiger partial charge in [-0.3, -0.25) is 0 Å². The van der Waals surface area contributed by atoms with Crippen LogP contribution in [0.3, 0.4) is 0 Å². The number of alkyl halides is 5. The molecule has 0 fully saturated rings. The molecule has 0 spiro atoms. The summed E-state index contributed by atoms with van der Waals surface area (Å²) >= 11 is 16.4. The van der Waals surface area contributed by atoms with Gasteiger partial charge in [0.25, 0.3) is 0 Å². The van der Waals surface area contributed by atoms with Crippen molar-refractivity contribution in [3.63, 3.8) is 0 Å². The van der Waals surface area contributed by atoms with Gasteiger partial charge in [0.1, 0.15) is 11.2 Å². The van der Waals surface area contributed by atoms with Crippen molar-refractivity contribution in [3.8, 4) is 0 Å². The van der Waals surface area contributed by atoms with Gasteiger partial charge in [-0.05, 0) is 0 Å². The predicted molar refractivity (Wildman–Crippen MR) is 57.2 cm³/mol. The Morgan fingerprint density at radius 3 is 2.06 bits per heavy atom. The summed E-state index contributed by atoms with van der Waals surface area (Å²) in [5.74, 6) is -5.20. The number of nitrogens with zero attached hydrogens (tertiary/aromatic N) is 1. The Hall–Kier alpha value is -0.370. The van der Waals surface area contributed by atoms with E-state index < -0.39 is 38.9 Å². The van der Waals surface area contributed by atoms with E-state index in [9.17, 15) is 22.0 Å². The Kier molecular flexibility index (Phi) is 4.32. The maximum Gasteiger partial charge on any atom is 0.455 e. The van der Waals surface area contributed by atoms with Gasteiger partial charge in [0.05, 0.1) is 10.0 Å². The second-order valence-corrected chi connectivity index (χ2v) is 4.37. The molecule has 1 heterocycles. The number of aromatic nitrogens is 1. The largest absolute Gasteiger partial charge is 0.455 e. The first kappa shape index (κ1) is 15.7. The Morgan fingerprint density at radius 1 is 1.11 bits per heavy atom. The van der Waals surface area contributed by atoms with Crippen molar-refractivity contribution in [2.45, 2.75) is 18.1 Å². The quantitative estimate of drug-likeness (QED) is 0.651. The molecule has 0 aliphatic rings. The summed E-state index contributed by atoms with van der Waals surface area (Å²) in [5, 5.41) is -1.63. The van der Waals surface area contributed by atoms with E-state index in [1.54, 1.807) is 0 Å². The van der Waals surface area contributed by atoms with E-state index >= 15 is 0 Å². The maximum absolute atomic E-state index is 13.1. The molecule has 102 valence electrons. The van der Waals surface area contributed by atoms with Crippen LogP contribution in [-0.4, -0.2) is 17.1 Å². The molecule has 1 aromatic heterocycles. The Balaban J connectivity index is 3.36. The summed E-state index contributed by atoms with van der Waals surface area (Å²) in [4.78, 5) is 3.39. The molecule has 1 atom stereocenters. The average Bonchev–Trinajstić information content (AvgIpc) is 2.22. The highest BCUT2D eigenvalue weighted by Gasteiger charge is 2.62. The molecule has 18 heavy (non-hydrogen) atoms. The molecule has 0 aliphatic heterocycles. The van der Waals surface area contributed by atoms with Gasteiger partial charge in [0.15, 0.2) is 0 Å². The first-order valence-electron chi connectivity index (χ1n) is 4.19. The third-order valence-corrected chi connectivity index (χ3v) is 3.11. The van der Waals surface area contributed by atoms with Gasteiger partial charge in [-0.2, -0.15) is 22.0 Å². The molecule has 0 unspecified atom stereocenters. The minimum Gasteiger partial charge on any atom is -0.319 e. The van der Waals surface area contributed by atoms with Crippen LogP contribution >= 0.6 is 34.8 Å². The Labute approximate surface area is 113 Å². The molecule has 1 aromatic rings. The Morgan fingerprint density at radius 2 is 1.61 bits per heavy atom. The fourth-order valence-corrected chi connectivity index (χ4v) is 1.83. The number of halogens is 8. The molecule has 2 N–H and O–H groups in total. The van der Waals surface area contributed by atoms with Gasteiger partial charge < -0.3 is 5.73 Å². The van der Waals surface area contributed by atoms with Crippen molar-refractivity contribution < 1.29 is 22.0 Å². The average molecular weight is 329 g/mol. The lowest BCUT2D eigenvalue weighted by Gasteiger charge is -2.27. The summed E-state index contributed by atoms with van der Waals surface area (Å²) in [5.41, 5.74) is 4.10. The zero-order valence-electron chi connectivity index (χ0n) is 8.20. The van der Waals surface area contributed by atoms with Crippen molar-refractivity contribution in [3.05, 3.63) is 27.0 Å². The highest BCUT2D eigenvalue weighted by Crippen LogP contribution is 2.47. The molecule has 0 amide bonds. The standard InChI is InChI=1S/C8H4Cl3F5N2/c9-2-1-18-6(11)4(10)3(2)5(17)7(12,13)8(14,15)16/h1,5H,17H2/t5-/m0/s1. The minimum atomic E-state index is -5.84. The lowest BCUT2D eigenvalue weighted by atomic mass is 10.0. The van der Waals surface area contributed by atoms with Crippen molar-refractivity contribution in [2.75, 3.05) is 0 Å². The molecule has 0 aliphatic carbocycles. The summed E-state index contributed by atoms with van der Waals surface area (Å²) in [6.07, 6.45) is -5.05. The zero-order chi connectivity index (χ0) is 14.3. The lowest BCUT2D eigenvalue weighted by molar-refractivity contribution is -0.290. The summed E-state index contributed by atoms with van der Waals surface area (Å²) in [7, 11) is 0. The second kappa shape index (κ2) is 4.96. The fourth-order valence-electron chi connectivity index (χ4n) is 1.10. The minimum absolute atomic E-state index is 0.468. The highest BCUT2D eigenvalue weighted by molar-refractivity contribution is 6.43. The van der Waals surface area contributed by atoms with E-state index in [1.165, 1.54) is 0 Å². The van der Waals surface area contributed by atoms with E-state index in [2.05, 4.69) is 4.98 Å². The van der Waals surface area contributed by atoms with Crippen molar-refractivity contribution in [1.29, 1.82) is 0 Å². The van der Waals surface area contributed by atoms with Crippen LogP contribution in [0.25, 0.3) is 0 Å². The first-order valence-corrected chi connectivity index (χ1v) is 5.33. The van der Waals surface area contributed by atoms with Gasteiger partial charge in [-0.15, -0.1) is 0 Å². The van der Waals surface area contributed by atoms with Crippen molar-refractivity contribution >= 4 is 34.8 Å².